The van der Waals surface area contributed by atoms with Crippen molar-refractivity contribution in [3.05, 3.63) is 71.2 Å². The summed E-state index contributed by atoms with van der Waals surface area (Å²) in [5.74, 6) is -1.17. The van der Waals surface area contributed by atoms with Gasteiger partial charge in [0.25, 0.3) is 0 Å². The van der Waals surface area contributed by atoms with Crippen LogP contribution < -0.4 is 10.6 Å². The smallest absolute Gasteiger partial charge is 0.337 e. The molecule has 0 atom stereocenters. The topological polar surface area (TPSA) is 78.4 Å². The number of nitrogens with one attached hydrogen (secondary N) is 2. The van der Waals surface area contributed by atoms with Gasteiger partial charge in [0, 0.05) is 10.4 Å². The second-order valence-electron chi connectivity index (χ2n) is 5.10. The van der Waals surface area contributed by atoms with Gasteiger partial charge >= 0.3 is 12.0 Å². The van der Waals surface area contributed by atoms with Crippen molar-refractivity contribution in [2.24, 2.45) is 0 Å². The lowest BCUT2D eigenvalue weighted by Crippen LogP contribution is -2.21. The van der Waals surface area contributed by atoms with Gasteiger partial charge in [0.1, 0.15) is 0 Å². The molecule has 6 heteroatoms. The molecule has 3 aromatic rings. The third-order valence-corrected chi connectivity index (χ3v) is 3.73. The normalized spacial score (nSPS) is 10.4. The molecule has 0 aliphatic rings. The van der Waals surface area contributed by atoms with Crippen LogP contribution in [0.3, 0.4) is 0 Å². The number of anilines is 2. The first kappa shape index (κ1) is 15.8. The molecule has 3 aromatic carbocycles. The van der Waals surface area contributed by atoms with Crippen LogP contribution in [0.5, 0.6) is 0 Å². The molecule has 3 N–H and O–H groups in total. The van der Waals surface area contributed by atoms with Crippen molar-refractivity contribution in [3.8, 4) is 0 Å². The predicted octanol–water partition coefficient (Wildman–Crippen LogP) is 4.84. The summed E-state index contributed by atoms with van der Waals surface area (Å²) in [5, 5.41) is 16.7. The van der Waals surface area contributed by atoms with Crippen LogP contribution in [0.1, 0.15) is 10.4 Å². The van der Waals surface area contributed by atoms with Gasteiger partial charge in [0.2, 0.25) is 0 Å². The number of halogens is 1. The van der Waals surface area contributed by atoms with Gasteiger partial charge in [-0.1, -0.05) is 48.0 Å². The third kappa shape index (κ3) is 3.31. The molecule has 0 spiro atoms. The summed E-state index contributed by atoms with van der Waals surface area (Å²) in [6.07, 6.45) is 0. The van der Waals surface area contributed by atoms with Gasteiger partial charge in [-0.05, 0) is 29.7 Å². The number of aromatic carboxylic acids is 1. The zero-order valence-electron chi connectivity index (χ0n) is 12.4. The average Bonchev–Trinajstić information content (AvgIpc) is 2.56. The highest BCUT2D eigenvalue weighted by molar-refractivity contribution is 6.31. The van der Waals surface area contributed by atoms with E-state index in [1.165, 1.54) is 18.2 Å². The van der Waals surface area contributed by atoms with Gasteiger partial charge in [-0.3, -0.25) is 0 Å². The van der Waals surface area contributed by atoms with E-state index < -0.39 is 12.0 Å². The molecular formula is C18H13ClN2O3. The highest BCUT2D eigenvalue weighted by Gasteiger charge is 2.13. The van der Waals surface area contributed by atoms with Gasteiger partial charge < -0.3 is 15.7 Å². The van der Waals surface area contributed by atoms with Gasteiger partial charge in [-0.25, -0.2) is 9.59 Å². The first-order chi connectivity index (χ1) is 11.5. The molecule has 2 amide bonds. The summed E-state index contributed by atoms with van der Waals surface area (Å²) < 4.78 is 0. The zero-order valence-corrected chi connectivity index (χ0v) is 13.2. The standard InChI is InChI=1S/C18H13ClN2O3/c19-12-8-9-16(14(10-12)17(22)23)21-18(24)20-15-7-3-5-11-4-1-2-6-13(11)15/h1-10H,(H,22,23)(H2,20,21,24). The number of urea groups is 1. The Morgan fingerprint density at radius 3 is 2.38 bits per heavy atom. The molecule has 0 saturated carbocycles. The number of rotatable bonds is 3. The monoisotopic (exact) mass is 340 g/mol. The minimum Gasteiger partial charge on any atom is -0.478 e. The Balaban J connectivity index is 1.85. The molecule has 0 saturated heterocycles. The van der Waals surface area contributed by atoms with Crippen LogP contribution >= 0.6 is 11.6 Å². The van der Waals surface area contributed by atoms with Crippen LogP contribution in [0.4, 0.5) is 16.2 Å². The van der Waals surface area contributed by atoms with E-state index >= 15 is 0 Å². The van der Waals surface area contributed by atoms with Crippen molar-refractivity contribution >= 4 is 45.7 Å². The molecule has 24 heavy (non-hydrogen) atoms. The molecule has 0 unspecified atom stereocenters. The van der Waals surface area contributed by atoms with Gasteiger partial charge in [0.05, 0.1) is 16.9 Å². The summed E-state index contributed by atoms with van der Waals surface area (Å²) >= 11 is 5.80. The van der Waals surface area contributed by atoms with Crippen molar-refractivity contribution in [1.82, 2.24) is 0 Å². The molecule has 0 aromatic heterocycles. The molecule has 0 fully saturated rings. The van der Waals surface area contributed by atoms with E-state index in [1.807, 2.05) is 36.4 Å². The third-order valence-electron chi connectivity index (χ3n) is 3.50. The van der Waals surface area contributed by atoms with E-state index in [2.05, 4.69) is 10.6 Å². The highest BCUT2D eigenvalue weighted by atomic mass is 35.5. The Morgan fingerprint density at radius 2 is 1.58 bits per heavy atom. The minimum atomic E-state index is -1.17. The van der Waals surface area contributed by atoms with Crippen LogP contribution in [0, 0.1) is 0 Å². The van der Waals surface area contributed by atoms with Crippen molar-refractivity contribution in [3.63, 3.8) is 0 Å². The molecule has 0 aliphatic carbocycles. The van der Waals surface area contributed by atoms with Gasteiger partial charge in [-0.2, -0.15) is 0 Å². The van der Waals surface area contributed by atoms with E-state index in [9.17, 15) is 14.7 Å². The maximum Gasteiger partial charge on any atom is 0.337 e. The molecule has 0 radical (unpaired) electrons. The summed E-state index contributed by atoms with van der Waals surface area (Å²) in [7, 11) is 0. The molecule has 0 bridgehead atoms. The average molecular weight is 341 g/mol. The second kappa shape index (κ2) is 6.60. The summed E-state index contributed by atoms with van der Waals surface area (Å²) in [6, 6.07) is 16.9. The van der Waals surface area contributed by atoms with Crippen molar-refractivity contribution in [2.75, 3.05) is 10.6 Å². The number of carbonyl (C=O) groups excluding carboxylic acids is 1. The lowest BCUT2D eigenvalue weighted by atomic mass is 10.1. The van der Waals surface area contributed by atoms with Crippen molar-refractivity contribution in [2.45, 2.75) is 0 Å². The SMILES string of the molecule is O=C(Nc1ccc(Cl)cc1C(=O)O)Nc1cccc2ccccc12. The van der Waals surface area contributed by atoms with Crippen LogP contribution in [-0.2, 0) is 0 Å². The Kier molecular flexibility index (Phi) is 4.35. The van der Waals surface area contributed by atoms with Gasteiger partial charge in [-0.15, -0.1) is 0 Å². The molecule has 3 rings (SSSR count). The number of carboxylic acid groups (broad SMARTS) is 1. The predicted molar refractivity (Wildman–Crippen MR) is 95.0 cm³/mol. The molecule has 0 heterocycles. The Labute approximate surface area is 142 Å². The van der Waals surface area contributed by atoms with E-state index in [1.54, 1.807) is 6.07 Å². The second-order valence-corrected chi connectivity index (χ2v) is 5.54. The van der Waals surface area contributed by atoms with Crippen molar-refractivity contribution < 1.29 is 14.7 Å². The fourth-order valence-electron chi connectivity index (χ4n) is 2.41. The van der Waals surface area contributed by atoms with Crippen LogP contribution in [-0.4, -0.2) is 17.1 Å². The molecule has 0 aliphatic heterocycles. The van der Waals surface area contributed by atoms with Crippen LogP contribution in [0.15, 0.2) is 60.7 Å². The molecule has 5 nitrogen and oxygen atoms in total. The lowest BCUT2D eigenvalue weighted by Gasteiger charge is -2.12. The Bertz CT molecular complexity index is 935. The van der Waals surface area contributed by atoms with E-state index in [0.29, 0.717) is 5.69 Å². The summed E-state index contributed by atoms with van der Waals surface area (Å²) in [4.78, 5) is 23.5. The van der Waals surface area contributed by atoms with E-state index in [-0.39, 0.29) is 16.3 Å². The number of hydrogen-bond donors (Lipinski definition) is 3. The maximum absolute atomic E-state index is 12.2. The van der Waals surface area contributed by atoms with E-state index in [0.717, 1.165) is 10.8 Å². The Morgan fingerprint density at radius 1 is 0.875 bits per heavy atom. The summed E-state index contributed by atoms with van der Waals surface area (Å²) in [6.45, 7) is 0. The highest BCUT2D eigenvalue weighted by Crippen LogP contribution is 2.24. The maximum atomic E-state index is 12.2. The number of hydrogen-bond acceptors (Lipinski definition) is 2. The summed E-state index contributed by atoms with van der Waals surface area (Å²) in [5.41, 5.74) is 0.733. The fourth-order valence-corrected chi connectivity index (χ4v) is 2.58. The first-order valence-corrected chi connectivity index (χ1v) is 7.51. The zero-order chi connectivity index (χ0) is 17.1. The van der Waals surface area contributed by atoms with Crippen LogP contribution in [0.2, 0.25) is 5.02 Å². The van der Waals surface area contributed by atoms with Gasteiger partial charge in [0.15, 0.2) is 0 Å². The molecule has 120 valence electrons. The lowest BCUT2D eigenvalue weighted by molar-refractivity contribution is 0.0698. The number of carboxylic acids is 1. The number of fused-ring (bicyclic) bond motifs is 1. The molecular weight excluding hydrogens is 328 g/mol. The fraction of sp³-hybridized carbons (Fsp3) is 0. The quantitative estimate of drug-likeness (QED) is 0.638. The number of amides is 2. The first-order valence-electron chi connectivity index (χ1n) is 7.13. The number of benzene rings is 3. The van der Waals surface area contributed by atoms with Crippen LogP contribution in [0.25, 0.3) is 10.8 Å². The number of carbonyl (C=O) groups is 2. The van der Waals surface area contributed by atoms with Crippen molar-refractivity contribution in [1.29, 1.82) is 0 Å². The Hall–Kier alpha value is -3.05. The minimum absolute atomic E-state index is 0.0735. The largest absolute Gasteiger partial charge is 0.478 e. The van der Waals surface area contributed by atoms with E-state index in [4.69, 9.17) is 11.6 Å².